The Balaban J connectivity index is 1.77. The molecule has 0 aromatic heterocycles. The van der Waals surface area contributed by atoms with E-state index < -0.39 is 16.1 Å². The smallest absolute Gasteiger partial charge is 0.246 e. The highest BCUT2D eigenvalue weighted by Crippen LogP contribution is 2.26. The molecule has 1 fully saturated rings. The molecule has 0 N–H and O–H groups in total. The highest BCUT2D eigenvalue weighted by molar-refractivity contribution is 7.92. The minimum absolute atomic E-state index is 0.166. The van der Waals surface area contributed by atoms with E-state index in [9.17, 15) is 13.2 Å². The van der Waals surface area contributed by atoms with Crippen LogP contribution in [0, 0.1) is 0 Å². The number of benzene rings is 2. The minimum atomic E-state index is -3.65. The van der Waals surface area contributed by atoms with Gasteiger partial charge in [-0.25, -0.2) is 8.42 Å². The molecule has 1 aliphatic heterocycles. The molecule has 156 valence electrons. The zero-order chi connectivity index (χ0) is 21.0. The summed E-state index contributed by atoms with van der Waals surface area (Å²) in [6.45, 7) is 4.37. The molecular formula is C21H26ClN3O3S. The fourth-order valence-electron chi connectivity index (χ4n) is 3.67. The Bertz CT molecular complexity index is 927. The van der Waals surface area contributed by atoms with Crippen LogP contribution in [0.2, 0.25) is 5.02 Å². The number of nitrogens with zero attached hydrogens (tertiary/aromatic N) is 3. The monoisotopic (exact) mass is 435 g/mol. The molecule has 2 aromatic rings. The van der Waals surface area contributed by atoms with E-state index in [2.05, 4.69) is 17.0 Å². The van der Waals surface area contributed by atoms with Crippen LogP contribution in [0.1, 0.15) is 13.3 Å². The second-order valence-corrected chi connectivity index (χ2v) is 9.40. The summed E-state index contributed by atoms with van der Waals surface area (Å²) >= 11 is 5.94. The third kappa shape index (κ3) is 5.03. The number of sulfonamides is 1. The maximum Gasteiger partial charge on any atom is 0.246 e. The van der Waals surface area contributed by atoms with Gasteiger partial charge < -0.3 is 9.80 Å². The number of carbonyl (C=O) groups is 1. The highest BCUT2D eigenvalue weighted by atomic mass is 35.5. The van der Waals surface area contributed by atoms with Gasteiger partial charge in [-0.3, -0.25) is 9.10 Å². The Labute approximate surface area is 177 Å². The summed E-state index contributed by atoms with van der Waals surface area (Å²) in [5.74, 6) is -0.166. The van der Waals surface area contributed by atoms with Gasteiger partial charge in [-0.05, 0) is 42.8 Å². The van der Waals surface area contributed by atoms with Gasteiger partial charge in [0.05, 0.1) is 11.9 Å². The van der Waals surface area contributed by atoms with Crippen molar-refractivity contribution in [2.45, 2.75) is 19.4 Å². The minimum Gasteiger partial charge on any atom is -0.368 e. The van der Waals surface area contributed by atoms with Crippen LogP contribution in [0.4, 0.5) is 11.4 Å². The Morgan fingerprint density at radius 1 is 1.03 bits per heavy atom. The first-order valence-electron chi connectivity index (χ1n) is 9.65. The summed E-state index contributed by atoms with van der Waals surface area (Å²) in [5.41, 5.74) is 1.57. The maximum absolute atomic E-state index is 13.3. The molecule has 0 radical (unpaired) electrons. The third-order valence-corrected chi connectivity index (χ3v) is 6.54. The van der Waals surface area contributed by atoms with Crippen molar-refractivity contribution < 1.29 is 13.2 Å². The number of carbonyl (C=O) groups excluding carboxylic acids is 1. The van der Waals surface area contributed by atoms with Gasteiger partial charge in [-0.15, -0.1) is 0 Å². The molecule has 0 saturated carbocycles. The normalized spacial score (nSPS) is 15.8. The van der Waals surface area contributed by atoms with Crippen molar-refractivity contribution in [3.63, 3.8) is 0 Å². The number of rotatable bonds is 6. The average molecular weight is 436 g/mol. The van der Waals surface area contributed by atoms with Gasteiger partial charge >= 0.3 is 0 Å². The van der Waals surface area contributed by atoms with Gasteiger partial charge in [0.1, 0.15) is 6.04 Å². The zero-order valence-electron chi connectivity index (χ0n) is 16.7. The maximum atomic E-state index is 13.3. The molecule has 0 bridgehead atoms. The van der Waals surface area contributed by atoms with Crippen molar-refractivity contribution in [3.05, 3.63) is 59.6 Å². The predicted octanol–water partition coefficient (Wildman–Crippen LogP) is 3.23. The van der Waals surface area contributed by atoms with Crippen molar-refractivity contribution in [1.29, 1.82) is 0 Å². The first-order chi connectivity index (χ1) is 13.8. The largest absolute Gasteiger partial charge is 0.368 e. The van der Waals surface area contributed by atoms with Gasteiger partial charge in [0.2, 0.25) is 15.9 Å². The van der Waals surface area contributed by atoms with E-state index in [1.165, 1.54) is 4.31 Å². The average Bonchev–Trinajstić information content (AvgIpc) is 2.72. The molecule has 29 heavy (non-hydrogen) atoms. The predicted molar refractivity (Wildman–Crippen MR) is 118 cm³/mol. The molecule has 1 saturated heterocycles. The Morgan fingerprint density at radius 2 is 1.62 bits per heavy atom. The van der Waals surface area contributed by atoms with Crippen molar-refractivity contribution >= 4 is 38.9 Å². The summed E-state index contributed by atoms with van der Waals surface area (Å²) < 4.78 is 26.3. The lowest BCUT2D eigenvalue weighted by Gasteiger charge is -2.39. The molecule has 3 rings (SSSR count). The second kappa shape index (κ2) is 9.05. The van der Waals surface area contributed by atoms with Crippen molar-refractivity contribution in [2.75, 3.05) is 41.6 Å². The van der Waals surface area contributed by atoms with Crippen LogP contribution in [0.25, 0.3) is 0 Å². The SMILES string of the molecule is CCC(C(=O)N1CCN(c2ccccc2)CC1)N(c1ccc(Cl)cc1)S(C)(=O)=O. The lowest BCUT2D eigenvalue weighted by molar-refractivity contribution is -0.132. The van der Waals surface area contributed by atoms with Crippen LogP contribution < -0.4 is 9.21 Å². The van der Waals surface area contributed by atoms with Gasteiger partial charge in [0, 0.05) is 36.9 Å². The Hall–Kier alpha value is -2.25. The molecular weight excluding hydrogens is 410 g/mol. The van der Waals surface area contributed by atoms with E-state index in [0.29, 0.717) is 43.3 Å². The Kier molecular flexibility index (Phi) is 6.70. The summed E-state index contributed by atoms with van der Waals surface area (Å²) in [7, 11) is -3.65. The summed E-state index contributed by atoms with van der Waals surface area (Å²) in [4.78, 5) is 17.3. The van der Waals surface area contributed by atoms with Crippen LogP contribution in [0.15, 0.2) is 54.6 Å². The first-order valence-corrected chi connectivity index (χ1v) is 11.9. The standard InChI is InChI=1S/C21H26ClN3O3S/c1-3-20(25(29(2,27)28)19-11-9-17(22)10-12-19)21(26)24-15-13-23(14-16-24)18-7-5-4-6-8-18/h4-12,20H,3,13-16H2,1-2H3. The first kappa shape index (κ1) is 21.5. The van der Waals surface area contributed by atoms with E-state index in [4.69, 9.17) is 11.6 Å². The fourth-order valence-corrected chi connectivity index (χ4v) is 5.00. The molecule has 1 heterocycles. The molecule has 1 amide bonds. The van der Waals surface area contributed by atoms with Crippen molar-refractivity contribution in [2.24, 2.45) is 0 Å². The van der Waals surface area contributed by atoms with Gasteiger partial charge in [0.25, 0.3) is 0 Å². The number of hydrogen-bond acceptors (Lipinski definition) is 4. The number of para-hydroxylation sites is 1. The van der Waals surface area contributed by atoms with E-state index in [0.717, 1.165) is 11.9 Å². The number of amides is 1. The molecule has 2 aromatic carbocycles. The van der Waals surface area contributed by atoms with E-state index in [1.54, 1.807) is 29.2 Å². The molecule has 1 unspecified atom stereocenters. The summed E-state index contributed by atoms with van der Waals surface area (Å²) in [6.07, 6.45) is 1.51. The van der Waals surface area contributed by atoms with Crippen LogP contribution in [0.3, 0.4) is 0 Å². The van der Waals surface area contributed by atoms with E-state index >= 15 is 0 Å². The summed E-state index contributed by atoms with van der Waals surface area (Å²) in [5, 5.41) is 0.513. The number of anilines is 2. The van der Waals surface area contributed by atoms with E-state index in [-0.39, 0.29) is 5.91 Å². The van der Waals surface area contributed by atoms with Gasteiger partial charge in [0.15, 0.2) is 0 Å². The second-order valence-electron chi connectivity index (χ2n) is 7.11. The molecule has 1 atom stereocenters. The molecule has 0 spiro atoms. The number of piperazine rings is 1. The summed E-state index contributed by atoms with van der Waals surface area (Å²) in [6, 6.07) is 15.8. The van der Waals surface area contributed by atoms with Crippen LogP contribution in [-0.4, -0.2) is 57.7 Å². The quantitative estimate of drug-likeness (QED) is 0.698. The topological polar surface area (TPSA) is 60.9 Å². The van der Waals surface area contributed by atoms with Crippen LogP contribution in [0.5, 0.6) is 0 Å². The van der Waals surface area contributed by atoms with Crippen molar-refractivity contribution in [1.82, 2.24) is 4.90 Å². The van der Waals surface area contributed by atoms with Crippen LogP contribution >= 0.6 is 11.6 Å². The zero-order valence-corrected chi connectivity index (χ0v) is 18.2. The van der Waals surface area contributed by atoms with Gasteiger partial charge in [-0.1, -0.05) is 36.7 Å². The lowest BCUT2D eigenvalue weighted by Crippen LogP contribution is -2.56. The van der Waals surface area contributed by atoms with Gasteiger partial charge in [-0.2, -0.15) is 0 Å². The lowest BCUT2D eigenvalue weighted by atomic mass is 10.1. The third-order valence-electron chi connectivity index (χ3n) is 5.11. The highest BCUT2D eigenvalue weighted by Gasteiger charge is 2.35. The molecule has 8 heteroatoms. The number of halogens is 1. The Morgan fingerprint density at radius 3 is 2.14 bits per heavy atom. The van der Waals surface area contributed by atoms with E-state index in [1.807, 2.05) is 25.1 Å². The fraction of sp³-hybridized carbons (Fsp3) is 0.381. The molecule has 0 aliphatic carbocycles. The number of hydrogen-bond donors (Lipinski definition) is 0. The van der Waals surface area contributed by atoms with Crippen LogP contribution in [-0.2, 0) is 14.8 Å². The van der Waals surface area contributed by atoms with Crippen molar-refractivity contribution in [3.8, 4) is 0 Å². The molecule has 6 nitrogen and oxygen atoms in total. The molecule has 1 aliphatic rings.